The van der Waals surface area contributed by atoms with Gasteiger partial charge in [-0.1, -0.05) is 77.8 Å². The smallest absolute Gasteiger partial charge is 0.252 e. The fourth-order valence-electron chi connectivity index (χ4n) is 3.59. The summed E-state index contributed by atoms with van der Waals surface area (Å²) in [6, 6.07) is 22.6. The molecule has 1 unspecified atom stereocenters. The van der Waals surface area contributed by atoms with Crippen molar-refractivity contribution in [2.75, 3.05) is 13.1 Å². The summed E-state index contributed by atoms with van der Waals surface area (Å²) in [7, 11) is 0. The molecule has 0 aliphatic carbocycles. The molecule has 0 saturated carbocycles. The van der Waals surface area contributed by atoms with E-state index in [0.29, 0.717) is 42.4 Å². The lowest BCUT2D eigenvalue weighted by Gasteiger charge is -2.20. The third kappa shape index (κ3) is 9.76. The molecule has 0 aliphatic heterocycles. The van der Waals surface area contributed by atoms with Gasteiger partial charge in [-0.15, -0.1) is 0 Å². The normalized spacial score (nSPS) is 11.6. The highest BCUT2D eigenvalue weighted by Crippen LogP contribution is 2.11. The van der Waals surface area contributed by atoms with Crippen LogP contribution in [-0.4, -0.2) is 42.1 Å². The number of rotatable bonds is 12. The van der Waals surface area contributed by atoms with Crippen LogP contribution in [0.25, 0.3) is 0 Å². The summed E-state index contributed by atoms with van der Waals surface area (Å²) in [4.78, 5) is 38.8. The first kappa shape index (κ1) is 28.6. The Balaban J connectivity index is 1.60. The molecule has 0 fully saturated rings. The second kappa shape index (κ2) is 14.7. The van der Waals surface area contributed by atoms with Crippen LogP contribution in [0.5, 0.6) is 0 Å². The standard InChI is InChI=1S/C28H29Cl2N3O3S/c29-22-10-6-19(7-11-22)14-16-31-27(35)25(28(36)32-17-15-20-8-12-23(30)13-9-20)33-26(34)24(37)18-21-4-2-1-3-5-21/h1-13,24-25,37H,14-18H2,(H,31,35)(H,32,36)(H,33,34). The maximum absolute atomic E-state index is 13.0. The predicted octanol–water partition coefficient (Wildman–Crippen LogP) is 4.04. The first-order valence-electron chi connectivity index (χ1n) is 11.9. The molecule has 6 nitrogen and oxygen atoms in total. The van der Waals surface area contributed by atoms with Gasteiger partial charge >= 0.3 is 0 Å². The Bertz CT molecular complexity index is 1110. The zero-order valence-corrected chi connectivity index (χ0v) is 22.5. The number of amides is 3. The highest BCUT2D eigenvalue weighted by atomic mass is 35.5. The second-order valence-electron chi connectivity index (χ2n) is 8.48. The second-order valence-corrected chi connectivity index (χ2v) is 9.98. The van der Waals surface area contributed by atoms with E-state index in [1.54, 1.807) is 24.3 Å². The van der Waals surface area contributed by atoms with Crippen molar-refractivity contribution in [3.8, 4) is 0 Å². The lowest BCUT2D eigenvalue weighted by Crippen LogP contribution is -2.57. The molecule has 3 aromatic rings. The molecule has 3 amide bonds. The van der Waals surface area contributed by atoms with Crippen molar-refractivity contribution in [3.05, 3.63) is 106 Å². The molecule has 0 bridgehead atoms. The lowest BCUT2D eigenvalue weighted by molar-refractivity contribution is -0.136. The molecule has 3 N–H and O–H groups in total. The van der Waals surface area contributed by atoms with Crippen LogP contribution in [0, 0.1) is 0 Å². The van der Waals surface area contributed by atoms with E-state index < -0.39 is 29.0 Å². The zero-order chi connectivity index (χ0) is 26.6. The maximum atomic E-state index is 13.0. The van der Waals surface area contributed by atoms with Gasteiger partial charge in [0.1, 0.15) is 0 Å². The number of carbonyl (C=O) groups is 3. The van der Waals surface area contributed by atoms with Gasteiger partial charge in [0.15, 0.2) is 6.04 Å². The third-order valence-electron chi connectivity index (χ3n) is 5.64. The van der Waals surface area contributed by atoms with Crippen LogP contribution in [0.3, 0.4) is 0 Å². The molecular formula is C28H29Cl2N3O3S. The number of hydrogen-bond acceptors (Lipinski definition) is 4. The quantitative estimate of drug-likeness (QED) is 0.200. The van der Waals surface area contributed by atoms with Crippen LogP contribution >= 0.6 is 35.8 Å². The summed E-state index contributed by atoms with van der Waals surface area (Å²) in [6.45, 7) is 0.582. The number of thiol groups is 1. The van der Waals surface area contributed by atoms with Crippen LogP contribution in [0.2, 0.25) is 10.0 Å². The number of carbonyl (C=O) groups excluding carboxylic acids is 3. The van der Waals surface area contributed by atoms with Crippen LogP contribution in [0.1, 0.15) is 16.7 Å². The first-order valence-corrected chi connectivity index (χ1v) is 13.2. The molecule has 3 rings (SSSR count). The number of nitrogens with one attached hydrogen (secondary N) is 3. The zero-order valence-electron chi connectivity index (χ0n) is 20.1. The van der Waals surface area contributed by atoms with Gasteiger partial charge in [-0.05, 0) is 60.2 Å². The minimum absolute atomic E-state index is 0.291. The maximum Gasteiger partial charge on any atom is 0.252 e. The molecule has 3 aromatic carbocycles. The summed E-state index contributed by atoms with van der Waals surface area (Å²) in [5.74, 6) is -1.68. The summed E-state index contributed by atoms with van der Waals surface area (Å²) in [5, 5.41) is 8.60. The Labute approximate surface area is 232 Å². The van der Waals surface area contributed by atoms with E-state index in [2.05, 4.69) is 28.6 Å². The summed E-state index contributed by atoms with van der Waals surface area (Å²) in [5.41, 5.74) is 2.89. The fourth-order valence-corrected chi connectivity index (χ4v) is 4.12. The molecule has 194 valence electrons. The topological polar surface area (TPSA) is 87.3 Å². The Kier molecular flexibility index (Phi) is 11.3. The molecule has 0 aliphatic rings. The minimum Gasteiger partial charge on any atom is -0.354 e. The van der Waals surface area contributed by atoms with Crippen LogP contribution < -0.4 is 16.0 Å². The largest absolute Gasteiger partial charge is 0.354 e. The van der Waals surface area contributed by atoms with Crippen molar-refractivity contribution in [3.63, 3.8) is 0 Å². The lowest BCUT2D eigenvalue weighted by atomic mass is 10.1. The van der Waals surface area contributed by atoms with E-state index in [1.807, 2.05) is 54.6 Å². The van der Waals surface area contributed by atoms with Crippen molar-refractivity contribution in [2.24, 2.45) is 0 Å². The number of halogens is 2. The van der Waals surface area contributed by atoms with Crippen molar-refractivity contribution in [2.45, 2.75) is 30.6 Å². The molecule has 0 spiro atoms. The molecule has 0 heterocycles. The Morgan fingerprint density at radius 1 is 0.649 bits per heavy atom. The van der Waals surface area contributed by atoms with Gasteiger partial charge < -0.3 is 16.0 Å². The summed E-state index contributed by atoms with van der Waals surface area (Å²) < 4.78 is 0. The molecule has 37 heavy (non-hydrogen) atoms. The Morgan fingerprint density at radius 3 is 1.57 bits per heavy atom. The van der Waals surface area contributed by atoms with Crippen molar-refractivity contribution in [1.29, 1.82) is 0 Å². The van der Waals surface area contributed by atoms with Crippen LogP contribution in [-0.2, 0) is 33.6 Å². The first-order chi connectivity index (χ1) is 17.8. The predicted molar refractivity (Wildman–Crippen MR) is 151 cm³/mol. The minimum atomic E-state index is -1.40. The van der Waals surface area contributed by atoms with Crippen molar-refractivity contribution in [1.82, 2.24) is 16.0 Å². The van der Waals surface area contributed by atoms with Crippen molar-refractivity contribution >= 4 is 53.6 Å². The highest BCUT2D eigenvalue weighted by Gasteiger charge is 2.30. The fraction of sp³-hybridized carbons (Fsp3) is 0.250. The van der Waals surface area contributed by atoms with Gasteiger partial charge in [0.2, 0.25) is 5.91 Å². The van der Waals surface area contributed by atoms with Gasteiger partial charge in [0, 0.05) is 23.1 Å². The van der Waals surface area contributed by atoms with E-state index in [1.165, 1.54) is 0 Å². The number of hydrogen-bond donors (Lipinski definition) is 4. The monoisotopic (exact) mass is 557 g/mol. The van der Waals surface area contributed by atoms with E-state index in [4.69, 9.17) is 23.2 Å². The van der Waals surface area contributed by atoms with Crippen molar-refractivity contribution < 1.29 is 14.4 Å². The molecule has 0 aromatic heterocycles. The van der Waals surface area contributed by atoms with E-state index in [-0.39, 0.29) is 0 Å². The van der Waals surface area contributed by atoms with Gasteiger partial charge in [0.25, 0.3) is 11.8 Å². The molecule has 0 saturated heterocycles. The van der Waals surface area contributed by atoms with Gasteiger partial charge in [-0.2, -0.15) is 12.6 Å². The Hall–Kier alpha value is -3.00. The highest BCUT2D eigenvalue weighted by molar-refractivity contribution is 7.81. The van der Waals surface area contributed by atoms with E-state index >= 15 is 0 Å². The average molecular weight is 559 g/mol. The summed E-state index contributed by atoms with van der Waals surface area (Å²) >= 11 is 16.2. The summed E-state index contributed by atoms with van der Waals surface area (Å²) in [6.07, 6.45) is 1.45. The van der Waals surface area contributed by atoms with Gasteiger partial charge in [0.05, 0.1) is 5.25 Å². The van der Waals surface area contributed by atoms with Gasteiger partial charge in [-0.3, -0.25) is 14.4 Å². The van der Waals surface area contributed by atoms with Crippen LogP contribution in [0.15, 0.2) is 78.9 Å². The number of benzene rings is 3. The third-order valence-corrected chi connectivity index (χ3v) is 6.56. The Morgan fingerprint density at radius 2 is 1.11 bits per heavy atom. The van der Waals surface area contributed by atoms with Gasteiger partial charge in [-0.25, -0.2) is 0 Å². The molecular weight excluding hydrogens is 529 g/mol. The average Bonchev–Trinajstić information content (AvgIpc) is 2.89. The van der Waals surface area contributed by atoms with E-state index in [9.17, 15) is 14.4 Å². The molecule has 0 radical (unpaired) electrons. The van der Waals surface area contributed by atoms with E-state index in [0.717, 1.165) is 16.7 Å². The molecule has 1 atom stereocenters. The SMILES string of the molecule is O=C(NC(C(=O)NCCc1ccc(Cl)cc1)C(=O)NCCc1ccc(Cl)cc1)C(S)Cc1ccccc1. The van der Waals surface area contributed by atoms with Crippen LogP contribution in [0.4, 0.5) is 0 Å². The molecule has 9 heteroatoms.